The highest BCUT2D eigenvalue weighted by Gasteiger charge is 2.50. The van der Waals surface area contributed by atoms with E-state index in [9.17, 15) is 9.59 Å². The Bertz CT molecular complexity index is 567. The molecule has 0 aromatic carbocycles. The third kappa shape index (κ3) is 3.44. The average molecular weight is 318 g/mol. The van der Waals surface area contributed by atoms with E-state index in [0.717, 1.165) is 12.8 Å². The number of carboxylic acids is 1. The number of fused-ring (bicyclic) bond motifs is 1. The quantitative estimate of drug-likeness (QED) is 0.578. The zero-order valence-electron chi connectivity index (χ0n) is 15.0. The predicted molar refractivity (Wildman–Crippen MR) is 92.2 cm³/mol. The minimum absolute atomic E-state index is 0.0727. The van der Waals surface area contributed by atoms with Gasteiger partial charge in [-0.1, -0.05) is 44.9 Å². The number of carbonyl (C=O) groups is 2. The summed E-state index contributed by atoms with van der Waals surface area (Å²) in [4.78, 5) is 23.3. The van der Waals surface area contributed by atoms with Crippen LogP contribution in [0.3, 0.4) is 0 Å². The molecule has 2 aliphatic rings. The second-order valence-corrected chi connectivity index (χ2v) is 8.38. The number of Topliss-reactive ketones (excluding diaryl/α,β-unsaturated/α-hetero) is 1. The first kappa shape index (κ1) is 18.0. The first-order valence-corrected chi connectivity index (χ1v) is 8.70. The van der Waals surface area contributed by atoms with E-state index >= 15 is 0 Å². The second-order valence-electron chi connectivity index (χ2n) is 8.38. The van der Waals surface area contributed by atoms with Crippen LogP contribution in [0.2, 0.25) is 0 Å². The topological polar surface area (TPSA) is 54.4 Å². The molecule has 0 radical (unpaired) electrons. The van der Waals surface area contributed by atoms with E-state index in [0.29, 0.717) is 17.8 Å². The maximum Gasteiger partial charge on any atom is 0.307 e. The molecule has 2 rings (SSSR count). The monoisotopic (exact) mass is 318 g/mol. The molecule has 0 aromatic rings. The summed E-state index contributed by atoms with van der Waals surface area (Å²) < 4.78 is 0. The van der Waals surface area contributed by atoms with Gasteiger partial charge in [-0.05, 0) is 54.9 Å². The van der Waals surface area contributed by atoms with Gasteiger partial charge in [0.25, 0.3) is 0 Å². The number of carboxylic acid groups (broad SMARTS) is 1. The molecule has 0 saturated heterocycles. The molecular weight excluding hydrogens is 288 g/mol. The Balaban J connectivity index is 2.27. The van der Waals surface area contributed by atoms with Crippen molar-refractivity contribution >= 4 is 11.8 Å². The SMILES string of the molecule is C=C(CC(=O)O)C(=O)CC1=C(C)CCC2C(C)(C)CCCC12C. The summed E-state index contributed by atoms with van der Waals surface area (Å²) in [6, 6.07) is 0. The summed E-state index contributed by atoms with van der Waals surface area (Å²) in [5, 5.41) is 8.87. The fourth-order valence-electron chi connectivity index (χ4n) is 5.11. The molecule has 2 atom stereocenters. The fraction of sp³-hybridized carbons (Fsp3) is 0.700. The number of carbonyl (C=O) groups excluding carboxylic acids is 1. The lowest BCUT2D eigenvalue weighted by Gasteiger charge is -2.55. The van der Waals surface area contributed by atoms with Gasteiger partial charge in [0.2, 0.25) is 0 Å². The molecule has 0 spiro atoms. The van der Waals surface area contributed by atoms with E-state index in [1.165, 1.54) is 30.4 Å². The van der Waals surface area contributed by atoms with Gasteiger partial charge in [0.1, 0.15) is 0 Å². The second kappa shape index (κ2) is 6.26. The Morgan fingerprint density at radius 3 is 2.52 bits per heavy atom. The van der Waals surface area contributed by atoms with Crippen LogP contribution in [0.15, 0.2) is 23.3 Å². The van der Waals surface area contributed by atoms with Crippen molar-refractivity contribution in [3.63, 3.8) is 0 Å². The van der Waals surface area contributed by atoms with E-state index in [-0.39, 0.29) is 23.2 Å². The number of hydrogen-bond donors (Lipinski definition) is 1. The Hall–Kier alpha value is -1.38. The van der Waals surface area contributed by atoms with Crippen LogP contribution in [0.25, 0.3) is 0 Å². The van der Waals surface area contributed by atoms with Gasteiger partial charge in [0.05, 0.1) is 6.42 Å². The summed E-state index contributed by atoms with van der Waals surface area (Å²) >= 11 is 0. The van der Waals surface area contributed by atoms with E-state index in [4.69, 9.17) is 5.11 Å². The van der Waals surface area contributed by atoms with Crippen LogP contribution in [-0.2, 0) is 9.59 Å². The van der Waals surface area contributed by atoms with Gasteiger partial charge < -0.3 is 5.11 Å². The van der Waals surface area contributed by atoms with Crippen LogP contribution in [0, 0.1) is 16.7 Å². The molecular formula is C20H30O3. The van der Waals surface area contributed by atoms with Gasteiger partial charge in [-0.2, -0.15) is 0 Å². The lowest BCUT2D eigenvalue weighted by Crippen LogP contribution is -2.45. The van der Waals surface area contributed by atoms with Gasteiger partial charge in [-0.25, -0.2) is 0 Å². The van der Waals surface area contributed by atoms with Crippen LogP contribution < -0.4 is 0 Å². The van der Waals surface area contributed by atoms with Gasteiger partial charge in [0.15, 0.2) is 5.78 Å². The summed E-state index contributed by atoms with van der Waals surface area (Å²) in [7, 11) is 0. The van der Waals surface area contributed by atoms with Crippen molar-refractivity contribution in [1.82, 2.24) is 0 Å². The average Bonchev–Trinajstić information content (AvgIpc) is 2.40. The molecule has 128 valence electrons. The largest absolute Gasteiger partial charge is 0.481 e. The maximum atomic E-state index is 12.5. The van der Waals surface area contributed by atoms with Gasteiger partial charge in [-0.3, -0.25) is 9.59 Å². The smallest absolute Gasteiger partial charge is 0.307 e. The van der Waals surface area contributed by atoms with Gasteiger partial charge in [0, 0.05) is 6.42 Å². The Morgan fingerprint density at radius 1 is 1.26 bits per heavy atom. The molecule has 23 heavy (non-hydrogen) atoms. The highest BCUT2D eigenvalue weighted by molar-refractivity contribution is 5.99. The molecule has 0 bridgehead atoms. The van der Waals surface area contributed by atoms with Crippen molar-refractivity contribution in [3.05, 3.63) is 23.3 Å². The zero-order chi connectivity index (χ0) is 17.4. The lowest BCUT2D eigenvalue weighted by atomic mass is 9.50. The Kier molecular flexibility index (Phi) is 4.89. The molecule has 0 aliphatic heterocycles. The van der Waals surface area contributed by atoms with Crippen molar-refractivity contribution in [2.75, 3.05) is 0 Å². The number of hydrogen-bond acceptors (Lipinski definition) is 2. The number of ketones is 1. The van der Waals surface area contributed by atoms with Gasteiger partial charge in [-0.15, -0.1) is 0 Å². The van der Waals surface area contributed by atoms with Crippen molar-refractivity contribution in [2.24, 2.45) is 16.7 Å². The third-order valence-corrected chi connectivity index (χ3v) is 6.34. The van der Waals surface area contributed by atoms with Crippen LogP contribution >= 0.6 is 0 Å². The van der Waals surface area contributed by atoms with Crippen molar-refractivity contribution in [2.45, 2.75) is 72.6 Å². The maximum absolute atomic E-state index is 12.5. The molecule has 0 amide bonds. The van der Waals surface area contributed by atoms with Crippen molar-refractivity contribution in [3.8, 4) is 0 Å². The van der Waals surface area contributed by atoms with Gasteiger partial charge >= 0.3 is 5.97 Å². The molecule has 2 unspecified atom stereocenters. The molecule has 3 nitrogen and oxygen atoms in total. The predicted octanol–water partition coefficient (Wildman–Crippen LogP) is 4.92. The van der Waals surface area contributed by atoms with E-state index in [1.807, 2.05) is 0 Å². The summed E-state index contributed by atoms with van der Waals surface area (Å²) in [5.41, 5.74) is 3.19. The summed E-state index contributed by atoms with van der Waals surface area (Å²) in [6.45, 7) is 12.9. The van der Waals surface area contributed by atoms with Crippen LogP contribution in [-0.4, -0.2) is 16.9 Å². The zero-order valence-corrected chi connectivity index (χ0v) is 15.0. The number of aliphatic carboxylic acids is 1. The minimum atomic E-state index is -0.986. The molecule has 2 aliphatic carbocycles. The minimum Gasteiger partial charge on any atom is -0.481 e. The van der Waals surface area contributed by atoms with Crippen molar-refractivity contribution < 1.29 is 14.7 Å². The molecule has 1 saturated carbocycles. The highest BCUT2D eigenvalue weighted by atomic mass is 16.4. The molecule has 0 heterocycles. The summed E-state index contributed by atoms with van der Waals surface area (Å²) in [5.74, 6) is -0.490. The Labute approximate surface area is 139 Å². The first-order chi connectivity index (χ1) is 10.6. The highest BCUT2D eigenvalue weighted by Crippen LogP contribution is 2.60. The normalized spacial score (nSPS) is 29.8. The van der Waals surface area contributed by atoms with E-state index < -0.39 is 5.97 Å². The standard InChI is InChI=1S/C20H30O3/c1-13-7-8-17-19(3,4)9-6-10-20(17,5)15(13)12-16(21)14(2)11-18(22)23/h17H,2,6-12H2,1,3-5H3,(H,22,23). The van der Waals surface area contributed by atoms with E-state index in [1.54, 1.807) is 0 Å². The van der Waals surface area contributed by atoms with E-state index in [2.05, 4.69) is 34.3 Å². The molecule has 1 N–H and O–H groups in total. The lowest BCUT2D eigenvalue weighted by molar-refractivity contribution is -0.137. The molecule has 3 heteroatoms. The van der Waals surface area contributed by atoms with Crippen LogP contribution in [0.4, 0.5) is 0 Å². The Morgan fingerprint density at radius 2 is 1.91 bits per heavy atom. The first-order valence-electron chi connectivity index (χ1n) is 8.70. The van der Waals surface area contributed by atoms with Crippen LogP contribution in [0.1, 0.15) is 72.6 Å². The molecule has 1 fully saturated rings. The number of allylic oxidation sites excluding steroid dienone is 2. The fourth-order valence-corrected chi connectivity index (χ4v) is 5.11. The molecule has 0 aromatic heterocycles. The summed E-state index contributed by atoms with van der Waals surface area (Å²) in [6.07, 6.45) is 5.92. The van der Waals surface area contributed by atoms with Crippen LogP contribution in [0.5, 0.6) is 0 Å². The number of rotatable bonds is 5. The third-order valence-electron chi connectivity index (χ3n) is 6.34. The van der Waals surface area contributed by atoms with Crippen molar-refractivity contribution in [1.29, 1.82) is 0 Å².